The summed E-state index contributed by atoms with van der Waals surface area (Å²) in [6, 6.07) is -1.44. The highest BCUT2D eigenvalue weighted by Crippen LogP contribution is 2.31. The number of cyclic esters (lactones) is 2. The van der Waals surface area contributed by atoms with Crippen molar-refractivity contribution in [3.05, 3.63) is 119 Å². The lowest BCUT2D eigenvalue weighted by Gasteiger charge is -2.31. The number of nitrogens with one attached hydrogen (secondary N) is 2. The first-order valence-electron chi connectivity index (χ1n) is 29.3. The van der Waals surface area contributed by atoms with Gasteiger partial charge in [0.2, 0.25) is 23.6 Å². The Hall–Kier alpha value is -7.41. The molecule has 4 amide bonds. The molecule has 4 N–H and O–H groups in total. The number of hydrogen-bond acceptors (Lipinski definition) is 19. The number of aliphatic hydroxyl groups is 2. The number of ketones is 2. The van der Waals surface area contributed by atoms with E-state index >= 15 is 0 Å². The second-order valence-electron chi connectivity index (χ2n) is 22.5. The third-order valence-corrected chi connectivity index (χ3v) is 17.0. The van der Waals surface area contributed by atoms with Crippen LogP contribution in [0.15, 0.2) is 105 Å². The van der Waals surface area contributed by atoms with Crippen molar-refractivity contribution < 1.29 is 75.3 Å². The number of oxazole rings is 2. The van der Waals surface area contributed by atoms with E-state index in [9.17, 15) is 57.0 Å². The maximum Gasteiger partial charge on any atom is 0.355 e. The summed E-state index contributed by atoms with van der Waals surface area (Å²) >= 11 is 0. The van der Waals surface area contributed by atoms with Crippen molar-refractivity contribution in [3.63, 3.8) is 0 Å². The Kier molecular flexibility index (Phi) is 26.5. The summed E-state index contributed by atoms with van der Waals surface area (Å²) in [5, 5.41) is 24.9. The lowest BCUT2D eigenvalue weighted by Crippen LogP contribution is -2.50. The molecule has 1 unspecified atom stereocenters. The van der Waals surface area contributed by atoms with Crippen LogP contribution in [0.25, 0.3) is 0 Å². The molecule has 1 fully saturated rings. The number of rotatable bonds is 8. The highest BCUT2D eigenvalue weighted by molar-refractivity contribution is 7.92. The third kappa shape index (κ3) is 20.6. The Balaban J connectivity index is 0.000000322. The van der Waals surface area contributed by atoms with E-state index in [-0.39, 0.29) is 141 Å². The molecule has 4 aliphatic heterocycles. The monoisotopic (exact) mass is 1220 g/mol. The van der Waals surface area contributed by atoms with E-state index in [0.29, 0.717) is 25.1 Å². The van der Waals surface area contributed by atoms with Gasteiger partial charge in [0, 0.05) is 57.4 Å². The summed E-state index contributed by atoms with van der Waals surface area (Å²) in [4.78, 5) is 117. The molecule has 6 rings (SSSR count). The largest absolute Gasteiger partial charge is 0.460 e. The van der Waals surface area contributed by atoms with Gasteiger partial charge in [-0.25, -0.2) is 28.0 Å². The van der Waals surface area contributed by atoms with Gasteiger partial charge in [0.1, 0.15) is 48.0 Å². The highest BCUT2D eigenvalue weighted by atomic mass is 32.2. The van der Waals surface area contributed by atoms with Gasteiger partial charge in [-0.1, -0.05) is 121 Å². The molecule has 2 aromatic rings. The second-order valence-corrected chi connectivity index (χ2v) is 24.9. The molecule has 470 valence electrons. The maximum absolute atomic E-state index is 14.0. The molecule has 0 aromatic carbocycles. The van der Waals surface area contributed by atoms with E-state index in [0.717, 1.165) is 23.0 Å². The number of aromatic nitrogens is 2. The average molecular weight is 1220 g/mol. The maximum atomic E-state index is 14.0. The van der Waals surface area contributed by atoms with E-state index in [1.165, 1.54) is 23.1 Å². The van der Waals surface area contributed by atoms with Crippen molar-refractivity contribution in [2.45, 2.75) is 143 Å². The number of Topliss-reactive ketones (excluding diaryl/α,β-unsaturated/α-hetero) is 2. The number of allylic oxidation sites excluding steroid dienone is 4. The molecule has 4 bridgehead atoms. The van der Waals surface area contributed by atoms with Crippen LogP contribution in [0.2, 0.25) is 0 Å². The SMILES string of the molecule is CC1=C\[C@@H](O)CC(=O)Cc2nc(co2)C(=O)N2CCC=C2C(=O)O[C@@H](C(C)C)[C@@H](C)/C=C/C(=O)NC\C=C\1.CCN(CC)CCS(=O)(=O)[C@@H]1CCN2C(=O)c3coc(n3)CC(=O)C[C@H](O)/C=C(C)/C=C/CNC(=O)/C=C/[C@H](C)[C@H](C(C)C)OC(=O)C12. The number of ether oxygens (including phenoxy) is 2. The first kappa shape index (κ1) is 69.4. The molecule has 0 aliphatic carbocycles. The fourth-order valence-corrected chi connectivity index (χ4v) is 12.3. The van der Waals surface area contributed by atoms with Gasteiger partial charge < -0.3 is 53.9 Å². The number of aliphatic hydroxyl groups excluding tert-OH is 2. The molecule has 24 heteroatoms. The fourth-order valence-electron chi connectivity index (χ4n) is 10.3. The average Bonchev–Trinajstić information content (AvgIpc) is 1.87. The Morgan fingerprint density at radius 3 is 1.67 bits per heavy atom. The van der Waals surface area contributed by atoms with Gasteiger partial charge >= 0.3 is 11.9 Å². The molecule has 4 aliphatic rings. The topological polar surface area (TPSA) is 315 Å². The zero-order valence-electron chi connectivity index (χ0n) is 50.9. The first-order valence-corrected chi connectivity index (χ1v) is 31.0. The minimum Gasteiger partial charge on any atom is -0.460 e. The number of hydrogen-bond donors (Lipinski definition) is 4. The molecule has 8 atom stereocenters. The normalized spacial score (nSPS) is 27.9. The third-order valence-electron chi connectivity index (χ3n) is 14.8. The van der Waals surface area contributed by atoms with Crippen LogP contribution >= 0.6 is 0 Å². The number of carbonyl (C=O) groups is 8. The van der Waals surface area contributed by atoms with Gasteiger partial charge in [0.15, 0.2) is 21.2 Å². The first-order chi connectivity index (χ1) is 40.7. The summed E-state index contributed by atoms with van der Waals surface area (Å²) in [6.45, 7) is 20.9. The molecule has 23 nitrogen and oxygen atoms in total. The summed E-state index contributed by atoms with van der Waals surface area (Å²) in [5.41, 5.74) is 1.31. The number of nitrogens with zero attached hydrogens (tertiary/aromatic N) is 5. The van der Waals surface area contributed by atoms with Crippen molar-refractivity contribution in [1.82, 2.24) is 35.3 Å². The Morgan fingerprint density at radius 2 is 1.19 bits per heavy atom. The summed E-state index contributed by atoms with van der Waals surface area (Å²) in [6.07, 6.45) is 16.2. The number of amides is 4. The van der Waals surface area contributed by atoms with Crippen LogP contribution < -0.4 is 10.6 Å². The molecule has 2 aromatic heterocycles. The smallest absolute Gasteiger partial charge is 0.355 e. The van der Waals surface area contributed by atoms with E-state index < -0.39 is 75.2 Å². The van der Waals surface area contributed by atoms with Crippen LogP contribution in [0.1, 0.15) is 128 Å². The zero-order valence-corrected chi connectivity index (χ0v) is 51.7. The van der Waals surface area contributed by atoms with Gasteiger partial charge in [0.25, 0.3) is 11.8 Å². The summed E-state index contributed by atoms with van der Waals surface area (Å²) in [5.74, 6) is -5.29. The van der Waals surface area contributed by atoms with Gasteiger partial charge in [0.05, 0.1) is 36.1 Å². The van der Waals surface area contributed by atoms with Gasteiger partial charge in [-0.05, 0) is 63.8 Å². The second kappa shape index (κ2) is 32.9. The molecule has 0 radical (unpaired) electrons. The van der Waals surface area contributed by atoms with Crippen LogP contribution in [-0.2, 0) is 60.9 Å². The van der Waals surface area contributed by atoms with Crippen molar-refractivity contribution in [3.8, 4) is 0 Å². The van der Waals surface area contributed by atoms with E-state index in [4.69, 9.17) is 18.3 Å². The van der Waals surface area contributed by atoms with Gasteiger partial charge in [-0.15, -0.1) is 0 Å². The van der Waals surface area contributed by atoms with Crippen molar-refractivity contribution in [2.75, 3.05) is 51.6 Å². The minimum atomic E-state index is -3.87. The predicted molar refractivity (Wildman–Crippen MR) is 318 cm³/mol. The Morgan fingerprint density at radius 1 is 0.698 bits per heavy atom. The van der Waals surface area contributed by atoms with Gasteiger partial charge in [-0.2, -0.15) is 0 Å². The molecular formula is C62H85N7O16S. The lowest BCUT2D eigenvalue weighted by atomic mass is 9.94. The number of esters is 2. The molecule has 1 saturated heterocycles. The number of sulfone groups is 1. The van der Waals surface area contributed by atoms with Crippen molar-refractivity contribution in [1.29, 1.82) is 0 Å². The minimum absolute atomic E-state index is 0.0243. The fraction of sp³-hybridized carbons (Fsp3) is 0.548. The summed E-state index contributed by atoms with van der Waals surface area (Å²) < 4.78 is 50.0. The zero-order chi connectivity index (χ0) is 63.4. The van der Waals surface area contributed by atoms with E-state index in [2.05, 4.69) is 20.6 Å². The van der Waals surface area contributed by atoms with Crippen LogP contribution in [-0.4, -0.2) is 178 Å². The van der Waals surface area contributed by atoms with Crippen molar-refractivity contribution >= 4 is 57.0 Å². The molecule has 6 heterocycles. The number of carbonyl (C=O) groups excluding carboxylic acids is 8. The molecule has 0 saturated carbocycles. The predicted octanol–water partition coefficient (Wildman–Crippen LogP) is 4.93. The Bertz CT molecular complexity index is 3070. The van der Waals surface area contributed by atoms with E-state index in [1.54, 1.807) is 69.4 Å². The summed E-state index contributed by atoms with van der Waals surface area (Å²) in [7, 11) is -3.87. The van der Waals surface area contributed by atoms with Crippen LogP contribution in [0, 0.1) is 23.7 Å². The molecular weight excluding hydrogens is 1130 g/mol. The Labute approximate surface area is 503 Å². The standard InChI is InChI=1S/C34H50N4O9S.C28H35N3O7/c1-7-37(8-2)16-17-48(44,45)28-13-15-38-31(28)34(43)47-32(22(3)4)24(6)11-12-29(41)35-14-9-10-23(5)18-25(39)19-26(40)20-30-36-27(21-46-30)33(38)42;1-17(2)26-19(4)9-10-24(34)29-11-5-7-18(3)13-20(32)14-21(33)15-25-30-22(16-37-25)27(35)31-12-6-8-23(31)28(36)38-26/h9-12,18,21-22,24-25,28,31-32,39H,7-8,13-17,19-20H2,1-6H3,(H,35,41);5,7-10,13,16-17,19-20,26,32H,6,11-12,14-15H2,1-4H3,(H,29,34)/b10-9+,12-11+,23-18+;7-5+,10-9+,18-13+/t24-,25+,28+,31?,32-;19-,20+,26-/m00/s1. The highest BCUT2D eigenvalue weighted by Gasteiger charge is 2.50. The van der Waals surface area contributed by atoms with Crippen LogP contribution in [0.5, 0.6) is 0 Å². The number of fused-ring (bicyclic) bond motifs is 6. The molecule has 0 spiro atoms. The molecule has 86 heavy (non-hydrogen) atoms. The lowest BCUT2D eigenvalue weighted by molar-refractivity contribution is -0.158. The van der Waals surface area contributed by atoms with Gasteiger partial charge in [-0.3, -0.25) is 28.8 Å². The van der Waals surface area contributed by atoms with Crippen molar-refractivity contribution in [2.24, 2.45) is 23.7 Å². The van der Waals surface area contributed by atoms with Crippen LogP contribution in [0.3, 0.4) is 0 Å². The van der Waals surface area contributed by atoms with Crippen LogP contribution in [0.4, 0.5) is 0 Å². The quantitative estimate of drug-likeness (QED) is 0.255. The van der Waals surface area contributed by atoms with E-state index in [1.807, 2.05) is 53.4 Å².